The molecule has 3 heteroatoms. The highest BCUT2D eigenvalue weighted by atomic mass is 16.5. The fourth-order valence-corrected chi connectivity index (χ4v) is 3.64. The fraction of sp³-hybridized carbons (Fsp3) is 0.667. The van der Waals surface area contributed by atoms with Gasteiger partial charge in [0.2, 0.25) is 0 Å². The molecule has 1 heterocycles. The van der Waals surface area contributed by atoms with Gasteiger partial charge >= 0.3 is 0 Å². The summed E-state index contributed by atoms with van der Waals surface area (Å²) in [7, 11) is 0. The summed E-state index contributed by atoms with van der Waals surface area (Å²) in [5.74, 6) is 1.08. The van der Waals surface area contributed by atoms with Crippen LogP contribution in [0.1, 0.15) is 96.8 Å². The van der Waals surface area contributed by atoms with Gasteiger partial charge in [-0.25, -0.2) is 0 Å². The summed E-state index contributed by atoms with van der Waals surface area (Å²) >= 11 is 0. The lowest BCUT2D eigenvalue weighted by Gasteiger charge is -2.04. The van der Waals surface area contributed by atoms with E-state index in [2.05, 4.69) is 11.9 Å². The van der Waals surface area contributed by atoms with E-state index in [1.165, 1.54) is 83.5 Å². The summed E-state index contributed by atoms with van der Waals surface area (Å²) in [4.78, 5) is 3.20. The molecule has 1 aromatic carbocycles. The zero-order valence-electron chi connectivity index (χ0n) is 17.3. The first-order valence-corrected chi connectivity index (χ1v) is 11.2. The van der Waals surface area contributed by atoms with E-state index in [-0.39, 0.29) is 5.75 Å². The summed E-state index contributed by atoms with van der Waals surface area (Å²) in [5, 5.41) is 10.6. The second-order valence-corrected chi connectivity index (χ2v) is 7.85. The van der Waals surface area contributed by atoms with E-state index in [1.807, 2.05) is 12.1 Å². The lowest BCUT2D eigenvalue weighted by molar-refractivity contribution is 0.295. The Morgan fingerprint density at radius 2 is 1.30 bits per heavy atom. The molecule has 0 bridgehead atoms. The number of fused-ring (bicyclic) bond motifs is 1. The van der Waals surface area contributed by atoms with Crippen molar-refractivity contribution in [3.05, 3.63) is 24.3 Å². The Labute approximate surface area is 165 Å². The Bertz CT molecular complexity index is 620. The molecule has 0 saturated carbocycles. The number of hydrogen-bond acceptors (Lipinski definition) is 2. The highest BCUT2D eigenvalue weighted by Gasteiger charge is 2.02. The van der Waals surface area contributed by atoms with Gasteiger partial charge in [-0.15, -0.1) is 0 Å². The van der Waals surface area contributed by atoms with Crippen LogP contribution in [0.4, 0.5) is 0 Å². The average Bonchev–Trinajstić information content (AvgIpc) is 3.06. The summed E-state index contributed by atoms with van der Waals surface area (Å²) < 4.78 is 5.80. The Hall–Kier alpha value is -1.64. The average molecular weight is 374 g/mol. The molecule has 27 heavy (non-hydrogen) atoms. The number of H-pyrrole nitrogens is 1. The number of nitrogens with one attached hydrogen (secondary N) is 1. The number of ether oxygens (including phenoxy) is 1. The number of aromatic nitrogens is 1. The van der Waals surface area contributed by atoms with E-state index >= 15 is 0 Å². The van der Waals surface area contributed by atoms with Gasteiger partial charge in [0, 0.05) is 17.5 Å². The van der Waals surface area contributed by atoms with Crippen molar-refractivity contribution in [2.24, 2.45) is 0 Å². The van der Waals surface area contributed by atoms with Crippen LogP contribution in [0.2, 0.25) is 0 Å². The SMILES string of the molecule is CCCCCCCCCCCCCCCCOc1cc2ccc(O)cc2[nH]1. The zero-order valence-corrected chi connectivity index (χ0v) is 17.3. The maximum Gasteiger partial charge on any atom is 0.191 e. The van der Waals surface area contributed by atoms with Gasteiger partial charge in [-0.2, -0.15) is 0 Å². The molecular formula is C24H39NO2. The van der Waals surface area contributed by atoms with Crippen LogP contribution in [0.25, 0.3) is 10.9 Å². The van der Waals surface area contributed by atoms with Crippen molar-refractivity contribution >= 4 is 10.9 Å². The molecule has 0 aliphatic heterocycles. The van der Waals surface area contributed by atoms with Crippen LogP contribution in [-0.2, 0) is 0 Å². The Kier molecular flexibility index (Phi) is 10.8. The zero-order chi connectivity index (χ0) is 19.2. The molecule has 3 nitrogen and oxygen atoms in total. The number of phenolic OH excluding ortho intramolecular Hbond substituents is 1. The second kappa shape index (κ2) is 13.5. The largest absolute Gasteiger partial charge is 0.508 e. The van der Waals surface area contributed by atoms with Crippen LogP contribution in [-0.4, -0.2) is 16.7 Å². The van der Waals surface area contributed by atoms with E-state index < -0.39 is 0 Å². The van der Waals surface area contributed by atoms with Crippen molar-refractivity contribution in [3.8, 4) is 11.6 Å². The van der Waals surface area contributed by atoms with Crippen LogP contribution in [0.5, 0.6) is 11.6 Å². The molecule has 0 radical (unpaired) electrons. The van der Waals surface area contributed by atoms with Gasteiger partial charge in [0.25, 0.3) is 0 Å². The molecule has 2 N–H and O–H groups in total. The molecule has 0 spiro atoms. The topological polar surface area (TPSA) is 45.2 Å². The van der Waals surface area contributed by atoms with E-state index in [9.17, 15) is 5.11 Å². The molecule has 1 aromatic heterocycles. The highest BCUT2D eigenvalue weighted by molar-refractivity contribution is 5.82. The van der Waals surface area contributed by atoms with Gasteiger partial charge in [-0.1, -0.05) is 90.4 Å². The van der Waals surface area contributed by atoms with Crippen LogP contribution in [0.3, 0.4) is 0 Å². The minimum atomic E-state index is 0.280. The van der Waals surface area contributed by atoms with Gasteiger partial charge in [-0.3, -0.25) is 0 Å². The molecule has 0 fully saturated rings. The number of hydrogen-bond donors (Lipinski definition) is 2. The lowest BCUT2D eigenvalue weighted by Crippen LogP contribution is -1.97. The van der Waals surface area contributed by atoms with Crippen molar-refractivity contribution in [3.63, 3.8) is 0 Å². The molecule has 152 valence electrons. The molecule has 2 aromatic rings. The van der Waals surface area contributed by atoms with Gasteiger partial charge < -0.3 is 14.8 Å². The van der Waals surface area contributed by atoms with E-state index in [1.54, 1.807) is 12.1 Å². The Morgan fingerprint density at radius 1 is 0.741 bits per heavy atom. The van der Waals surface area contributed by atoms with Gasteiger partial charge in [0.15, 0.2) is 5.88 Å². The van der Waals surface area contributed by atoms with E-state index in [0.717, 1.165) is 29.8 Å². The fourth-order valence-electron chi connectivity index (χ4n) is 3.64. The summed E-state index contributed by atoms with van der Waals surface area (Å²) in [5.41, 5.74) is 0.922. The third kappa shape index (κ3) is 9.21. The number of aromatic hydroxyl groups is 1. The van der Waals surface area contributed by atoms with E-state index in [4.69, 9.17) is 4.74 Å². The molecule has 0 aliphatic rings. The minimum Gasteiger partial charge on any atom is -0.508 e. The monoisotopic (exact) mass is 373 g/mol. The number of benzene rings is 1. The Morgan fingerprint density at radius 3 is 1.89 bits per heavy atom. The van der Waals surface area contributed by atoms with Crippen LogP contribution in [0.15, 0.2) is 24.3 Å². The molecule has 0 atom stereocenters. The third-order valence-electron chi connectivity index (χ3n) is 5.34. The third-order valence-corrected chi connectivity index (χ3v) is 5.34. The van der Waals surface area contributed by atoms with Crippen molar-refractivity contribution in [2.75, 3.05) is 6.61 Å². The maximum atomic E-state index is 9.50. The number of aromatic amines is 1. The standard InChI is InChI=1S/C24H39NO2/c1-2-3-4-5-6-7-8-9-10-11-12-13-14-15-18-27-24-19-21-16-17-22(26)20-23(21)25-24/h16-17,19-20,25-26H,2-15,18H2,1H3. The van der Waals surface area contributed by atoms with Gasteiger partial charge in [0.05, 0.1) is 12.1 Å². The summed E-state index contributed by atoms with van der Waals surface area (Å²) in [6, 6.07) is 7.33. The van der Waals surface area contributed by atoms with Crippen LogP contribution < -0.4 is 4.74 Å². The van der Waals surface area contributed by atoms with Crippen molar-refractivity contribution in [2.45, 2.75) is 96.8 Å². The predicted molar refractivity (Wildman–Crippen MR) is 116 cm³/mol. The molecular weight excluding hydrogens is 334 g/mol. The number of phenols is 1. The smallest absolute Gasteiger partial charge is 0.191 e. The summed E-state index contributed by atoms with van der Waals surface area (Å²) in [6.45, 7) is 3.04. The quantitative estimate of drug-likeness (QED) is 0.296. The molecule has 0 aliphatic carbocycles. The first kappa shape index (κ1) is 21.7. The highest BCUT2D eigenvalue weighted by Crippen LogP contribution is 2.24. The van der Waals surface area contributed by atoms with Crippen molar-refractivity contribution in [1.29, 1.82) is 0 Å². The van der Waals surface area contributed by atoms with Crippen LogP contribution >= 0.6 is 0 Å². The van der Waals surface area contributed by atoms with Crippen molar-refractivity contribution < 1.29 is 9.84 Å². The Balaban J connectivity index is 1.37. The molecule has 0 unspecified atom stereocenters. The number of rotatable bonds is 16. The normalized spacial score (nSPS) is 11.3. The lowest BCUT2D eigenvalue weighted by atomic mass is 10.0. The van der Waals surface area contributed by atoms with Crippen LogP contribution in [0, 0.1) is 0 Å². The number of unbranched alkanes of at least 4 members (excludes halogenated alkanes) is 13. The summed E-state index contributed by atoms with van der Waals surface area (Å²) in [6.07, 6.45) is 19.2. The second-order valence-electron chi connectivity index (χ2n) is 7.85. The maximum absolute atomic E-state index is 9.50. The van der Waals surface area contributed by atoms with Gasteiger partial charge in [0.1, 0.15) is 5.75 Å². The molecule has 0 saturated heterocycles. The van der Waals surface area contributed by atoms with Gasteiger partial charge in [-0.05, 0) is 18.6 Å². The van der Waals surface area contributed by atoms with E-state index in [0.29, 0.717) is 0 Å². The minimum absolute atomic E-state index is 0.280. The molecule has 2 rings (SSSR count). The first-order chi connectivity index (χ1) is 13.3. The van der Waals surface area contributed by atoms with Crippen molar-refractivity contribution in [1.82, 2.24) is 4.98 Å². The predicted octanol–water partition coefficient (Wildman–Crippen LogP) is 7.73. The first-order valence-electron chi connectivity index (χ1n) is 11.2. The molecule has 0 amide bonds.